The second kappa shape index (κ2) is 2.98. The zero-order valence-corrected chi connectivity index (χ0v) is 9.11. The molecule has 0 saturated carbocycles. The summed E-state index contributed by atoms with van der Waals surface area (Å²) in [5, 5.41) is 1.19. The first-order valence-corrected chi connectivity index (χ1v) is 5.55. The molecule has 0 aliphatic carbocycles. The van der Waals surface area contributed by atoms with Crippen molar-refractivity contribution in [3.05, 3.63) is 17.6 Å². The average Bonchev–Trinajstić information content (AvgIpc) is 2.48. The minimum Gasteiger partial charge on any atom is -0.240 e. The van der Waals surface area contributed by atoms with Crippen molar-refractivity contribution in [1.29, 1.82) is 0 Å². The van der Waals surface area contributed by atoms with Crippen LogP contribution in [0.2, 0.25) is 0 Å². The van der Waals surface area contributed by atoms with Crippen molar-refractivity contribution >= 4 is 11.8 Å². The molecule has 0 spiro atoms. The Labute approximate surface area is 83.2 Å². The molecule has 0 unspecified atom stereocenters. The second-order valence-electron chi connectivity index (χ2n) is 4.35. The Morgan fingerprint density at radius 3 is 2.77 bits per heavy atom. The quantitative estimate of drug-likeness (QED) is 0.593. The molecule has 0 amide bonds. The van der Waals surface area contributed by atoms with Gasteiger partial charge in [-0.05, 0) is 6.42 Å². The van der Waals surface area contributed by atoms with Crippen LogP contribution in [0.1, 0.15) is 32.0 Å². The van der Waals surface area contributed by atoms with E-state index in [0.717, 1.165) is 12.2 Å². The Kier molecular flexibility index (Phi) is 2.06. The Hall–Kier alpha value is -0.570. The van der Waals surface area contributed by atoms with Crippen molar-refractivity contribution < 1.29 is 0 Å². The van der Waals surface area contributed by atoms with E-state index in [0.29, 0.717) is 0 Å². The van der Waals surface area contributed by atoms with E-state index in [9.17, 15) is 0 Å². The molecule has 2 rings (SSSR count). The number of thioether (sulfide) groups is 1. The summed E-state index contributed by atoms with van der Waals surface area (Å²) in [6, 6.07) is 0. The Morgan fingerprint density at radius 2 is 2.08 bits per heavy atom. The summed E-state index contributed by atoms with van der Waals surface area (Å²) in [5.41, 5.74) is 2.75. The molecule has 1 aliphatic heterocycles. The number of nitrogens with zero attached hydrogens (tertiary/aromatic N) is 2. The highest BCUT2D eigenvalue weighted by molar-refractivity contribution is 7.99. The predicted octanol–water partition coefficient (Wildman–Crippen LogP) is 2.42. The van der Waals surface area contributed by atoms with Crippen molar-refractivity contribution in [2.24, 2.45) is 0 Å². The minimum atomic E-state index is 0.151. The highest BCUT2D eigenvalue weighted by Crippen LogP contribution is 2.34. The molecule has 0 atom stereocenters. The van der Waals surface area contributed by atoms with E-state index in [4.69, 9.17) is 0 Å². The molecule has 0 saturated heterocycles. The molecule has 1 aliphatic rings. The van der Waals surface area contributed by atoms with E-state index in [1.54, 1.807) is 6.33 Å². The fourth-order valence-corrected chi connectivity index (χ4v) is 2.64. The summed E-state index contributed by atoms with van der Waals surface area (Å²) in [7, 11) is 0. The van der Waals surface area contributed by atoms with Crippen LogP contribution in [0.4, 0.5) is 0 Å². The van der Waals surface area contributed by atoms with Crippen LogP contribution >= 0.6 is 11.8 Å². The Bertz CT molecular complexity index is 328. The van der Waals surface area contributed by atoms with Crippen LogP contribution in [0.3, 0.4) is 0 Å². The van der Waals surface area contributed by atoms with Crippen LogP contribution in [0, 0.1) is 0 Å². The van der Waals surface area contributed by atoms with Crippen molar-refractivity contribution in [1.82, 2.24) is 9.97 Å². The summed E-state index contributed by atoms with van der Waals surface area (Å²) in [4.78, 5) is 8.68. The number of rotatable bonds is 0. The molecule has 13 heavy (non-hydrogen) atoms. The van der Waals surface area contributed by atoms with Crippen molar-refractivity contribution in [3.63, 3.8) is 0 Å². The van der Waals surface area contributed by atoms with Gasteiger partial charge in [-0.25, -0.2) is 9.97 Å². The molecule has 1 aromatic rings. The molecule has 0 fully saturated rings. The Morgan fingerprint density at radius 1 is 1.31 bits per heavy atom. The third kappa shape index (κ3) is 1.57. The monoisotopic (exact) mass is 194 g/mol. The van der Waals surface area contributed by atoms with Crippen LogP contribution in [0.5, 0.6) is 0 Å². The lowest BCUT2D eigenvalue weighted by molar-refractivity contribution is 0.555. The van der Waals surface area contributed by atoms with Gasteiger partial charge in [0.25, 0.3) is 0 Å². The smallest absolute Gasteiger partial charge is 0.117 e. The molecular formula is C10H14N2S. The zero-order chi connectivity index (χ0) is 9.47. The molecular weight excluding hydrogens is 180 g/mol. The highest BCUT2D eigenvalue weighted by atomic mass is 32.2. The molecule has 3 heteroatoms. The minimum absolute atomic E-state index is 0.151. The number of aromatic nitrogens is 2. The lowest BCUT2D eigenvalue weighted by atomic mass is 9.88. The second-order valence-corrected chi connectivity index (χ2v) is 5.44. The molecule has 0 bridgehead atoms. The zero-order valence-electron chi connectivity index (χ0n) is 8.29. The standard InChI is InChI=1S/C10H14N2S/c1-10(2,3)8-7-4-5-13-9(7)12-6-11-8/h6H,4-5H2,1-3H3. The highest BCUT2D eigenvalue weighted by Gasteiger charge is 2.25. The summed E-state index contributed by atoms with van der Waals surface area (Å²) >= 11 is 1.85. The maximum Gasteiger partial charge on any atom is 0.117 e. The maximum absolute atomic E-state index is 4.40. The van der Waals surface area contributed by atoms with Gasteiger partial charge >= 0.3 is 0 Å². The first kappa shape index (κ1) is 9.00. The van der Waals surface area contributed by atoms with Crippen molar-refractivity contribution in [2.75, 3.05) is 5.75 Å². The van der Waals surface area contributed by atoms with Gasteiger partial charge in [-0.15, -0.1) is 11.8 Å². The Balaban J connectivity index is 2.54. The van der Waals surface area contributed by atoms with Gasteiger partial charge in [0.1, 0.15) is 11.4 Å². The van der Waals surface area contributed by atoms with Gasteiger partial charge < -0.3 is 0 Å². The van der Waals surface area contributed by atoms with Crippen molar-refractivity contribution in [3.8, 4) is 0 Å². The molecule has 0 N–H and O–H groups in total. The van der Waals surface area contributed by atoms with Gasteiger partial charge in [-0.1, -0.05) is 20.8 Å². The van der Waals surface area contributed by atoms with E-state index in [2.05, 4.69) is 30.7 Å². The fourth-order valence-electron chi connectivity index (χ4n) is 1.64. The largest absolute Gasteiger partial charge is 0.240 e. The normalized spacial score (nSPS) is 15.9. The van der Waals surface area contributed by atoms with Crippen LogP contribution in [-0.4, -0.2) is 15.7 Å². The predicted molar refractivity (Wildman–Crippen MR) is 55.2 cm³/mol. The number of hydrogen-bond donors (Lipinski definition) is 0. The van der Waals surface area contributed by atoms with E-state index in [-0.39, 0.29) is 5.41 Å². The molecule has 1 aromatic heterocycles. The molecule has 2 heterocycles. The topological polar surface area (TPSA) is 25.8 Å². The van der Waals surface area contributed by atoms with E-state index >= 15 is 0 Å². The number of fused-ring (bicyclic) bond motifs is 1. The molecule has 0 radical (unpaired) electrons. The SMILES string of the molecule is CC(C)(C)c1ncnc2c1CCS2. The van der Waals surface area contributed by atoms with Gasteiger partial charge in [-0.3, -0.25) is 0 Å². The van der Waals surface area contributed by atoms with Crippen LogP contribution in [-0.2, 0) is 11.8 Å². The van der Waals surface area contributed by atoms with Gasteiger partial charge in [0, 0.05) is 16.7 Å². The summed E-state index contributed by atoms with van der Waals surface area (Å²) in [6.07, 6.45) is 2.82. The van der Waals surface area contributed by atoms with Gasteiger partial charge in [0.15, 0.2) is 0 Å². The van der Waals surface area contributed by atoms with E-state index < -0.39 is 0 Å². The van der Waals surface area contributed by atoms with Crippen LogP contribution in [0.25, 0.3) is 0 Å². The molecule has 70 valence electrons. The molecule has 2 nitrogen and oxygen atoms in total. The van der Waals surface area contributed by atoms with Gasteiger partial charge in [0.05, 0.1) is 5.69 Å². The van der Waals surface area contributed by atoms with E-state index in [1.165, 1.54) is 16.3 Å². The lowest BCUT2D eigenvalue weighted by Gasteiger charge is -2.20. The van der Waals surface area contributed by atoms with Gasteiger partial charge in [0.2, 0.25) is 0 Å². The third-order valence-corrected chi connectivity index (χ3v) is 3.24. The summed E-state index contributed by atoms with van der Waals surface area (Å²) in [5.74, 6) is 1.16. The van der Waals surface area contributed by atoms with Crippen LogP contribution < -0.4 is 0 Å². The first-order valence-electron chi connectivity index (χ1n) is 4.56. The van der Waals surface area contributed by atoms with Gasteiger partial charge in [-0.2, -0.15) is 0 Å². The maximum atomic E-state index is 4.40. The first-order chi connectivity index (χ1) is 6.09. The van der Waals surface area contributed by atoms with E-state index in [1.807, 2.05) is 11.8 Å². The summed E-state index contributed by atoms with van der Waals surface area (Å²) < 4.78 is 0. The fraction of sp³-hybridized carbons (Fsp3) is 0.600. The van der Waals surface area contributed by atoms with Crippen LogP contribution in [0.15, 0.2) is 11.4 Å². The number of hydrogen-bond acceptors (Lipinski definition) is 3. The average molecular weight is 194 g/mol. The third-order valence-electron chi connectivity index (χ3n) is 2.21. The lowest BCUT2D eigenvalue weighted by Crippen LogP contribution is -2.16. The molecule has 0 aromatic carbocycles. The van der Waals surface area contributed by atoms with Crippen molar-refractivity contribution in [2.45, 2.75) is 37.6 Å². The summed E-state index contributed by atoms with van der Waals surface area (Å²) in [6.45, 7) is 6.62.